The molecule has 0 bridgehead atoms. The van der Waals surface area contributed by atoms with Crippen LogP contribution in [0.2, 0.25) is 0 Å². The zero-order chi connectivity index (χ0) is 13.0. The Bertz CT molecular complexity index is 400. The van der Waals surface area contributed by atoms with Gasteiger partial charge in [-0.05, 0) is 38.9 Å². The number of piperidine rings is 1. The zero-order valence-corrected chi connectivity index (χ0v) is 11.6. The molecule has 0 atom stereocenters. The molecule has 18 heavy (non-hydrogen) atoms. The van der Waals surface area contributed by atoms with Gasteiger partial charge in [0.05, 0.1) is 0 Å². The molecule has 1 aromatic rings. The normalized spacial score (nSPS) is 17.7. The highest BCUT2D eigenvalue weighted by atomic mass is 32.1. The fraction of sp³-hybridized carbons (Fsp3) is 0.727. The second-order valence-electron chi connectivity index (χ2n) is 4.62. The second-order valence-corrected chi connectivity index (χ2v) is 5.60. The van der Waals surface area contributed by atoms with Gasteiger partial charge in [-0.25, -0.2) is 0 Å². The molecule has 1 aliphatic rings. The quantitative estimate of drug-likeness (QED) is 0.840. The van der Waals surface area contributed by atoms with Gasteiger partial charge in [-0.2, -0.15) is 0 Å². The van der Waals surface area contributed by atoms with Crippen LogP contribution in [0.3, 0.4) is 0 Å². The molecule has 1 aromatic heterocycles. The van der Waals surface area contributed by atoms with E-state index in [1.54, 1.807) is 7.05 Å². The maximum Gasteiger partial charge on any atom is 0.282 e. The number of carbonyl (C=O) groups excluding carboxylic acids is 1. The summed E-state index contributed by atoms with van der Waals surface area (Å²) in [6.07, 6.45) is 2.29. The van der Waals surface area contributed by atoms with Gasteiger partial charge in [-0.1, -0.05) is 11.3 Å². The summed E-state index contributed by atoms with van der Waals surface area (Å²) in [6, 6.07) is 0. The van der Waals surface area contributed by atoms with Gasteiger partial charge in [-0.15, -0.1) is 10.2 Å². The van der Waals surface area contributed by atoms with Crippen molar-refractivity contribution in [3.63, 3.8) is 0 Å². The van der Waals surface area contributed by atoms with Gasteiger partial charge in [0.25, 0.3) is 5.91 Å². The van der Waals surface area contributed by atoms with Crippen LogP contribution in [0.15, 0.2) is 0 Å². The first-order valence-electron chi connectivity index (χ1n) is 6.17. The minimum atomic E-state index is -0.118. The summed E-state index contributed by atoms with van der Waals surface area (Å²) in [6.45, 7) is 2.97. The van der Waals surface area contributed by atoms with Gasteiger partial charge in [-0.3, -0.25) is 4.79 Å². The van der Waals surface area contributed by atoms with Gasteiger partial charge in [0.1, 0.15) is 0 Å². The van der Waals surface area contributed by atoms with Gasteiger partial charge >= 0.3 is 0 Å². The Kier molecular flexibility index (Phi) is 4.48. The molecule has 0 spiro atoms. The second kappa shape index (κ2) is 6.10. The van der Waals surface area contributed by atoms with E-state index in [0.717, 1.165) is 32.5 Å². The van der Waals surface area contributed by atoms with Crippen molar-refractivity contribution in [2.24, 2.45) is 5.92 Å². The Labute approximate surface area is 111 Å². The van der Waals surface area contributed by atoms with Crippen LogP contribution in [0.5, 0.6) is 0 Å². The molecule has 2 rings (SSSR count). The molecule has 1 saturated heterocycles. The molecule has 0 unspecified atom stereocenters. The lowest BCUT2D eigenvalue weighted by Crippen LogP contribution is -2.36. The number of hydrogen-bond acceptors (Lipinski definition) is 6. The Balaban J connectivity index is 1.77. The summed E-state index contributed by atoms with van der Waals surface area (Å²) >= 11 is 1.27. The topological polar surface area (TPSA) is 70.1 Å². The molecule has 7 heteroatoms. The third-order valence-corrected chi connectivity index (χ3v) is 4.16. The lowest BCUT2D eigenvalue weighted by atomic mass is 9.97. The SMILES string of the molecule is CNc1nnc(C(=O)NCC2CCN(C)CC2)s1. The number of likely N-dealkylation sites (tertiary alicyclic amines) is 1. The van der Waals surface area contributed by atoms with Crippen molar-refractivity contribution in [1.29, 1.82) is 0 Å². The van der Waals surface area contributed by atoms with E-state index < -0.39 is 0 Å². The van der Waals surface area contributed by atoms with Crippen LogP contribution in [-0.4, -0.2) is 54.7 Å². The van der Waals surface area contributed by atoms with E-state index in [-0.39, 0.29) is 5.91 Å². The van der Waals surface area contributed by atoms with E-state index in [9.17, 15) is 4.79 Å². The summed E-state index contributed by atoms with van der Waals surface area (Å²) in [5, 5.41) is 14.6. The molecular formula is C11H19N5OS. The number of hydrogen-bond donors (Lipinski definition) is 2. The molecule has 2 heterocycles. The highest BCUT2D eigenvalue weighted by Crippen LogP contribution is 2.16. The van der Waals surface area contributed by atoms with Crippen LogP contribution in [0.25, 0.3) is 0 Å². The third kappa shape index (κ3) is 3.39. The first-order chi connectivity index (χ1) is 8.69. The molecular weight excluding hydrogens is 250 g/mol. The Morgan fingerprint density at radius 2 is 2.17 bits per heavy atom. The minimum Gasteiger partial charge on any atom is -0.363 e. The van der Waals surface area contributed by atoms with Gasteiger partial charge in [0, 0.05) is 13.6 Å². The fourth-order valence-electron chi connectivity index (χ4n) is 1.99. The molecule has 0 saturated carbocycles. The van der Waals surface area contributed by atoms with E-state index in [0.29, 0.717) is 16.1 Å². The number of nitrogens with one attached hydrogen (secondary N) is 2. The molecule has 0 radical (unpaired) electrons. The number of carbonyl (C=O) groups is 1. The number of aromatic nitrogens is 2. The van der Waals surface area contributed by atoms with Crippen molar-refractivity contribution in [3.8, 4) is 0 Å². The van der Waals surface area contributed by atoms with Crippen molar-refractivity contribution in [2.45, 2.75) is 12.8 Å². The maximum atomic E-state index is 11.8. The zero-order valence-electron chi connectivity index (χ0n) is 10.8. The van der Waals surface area contributed by atoms with E-state index in [2.05, 4.69) is 32.8 Å². The largest absolute Gasteiger partial charge is 0.363 e. The summed E-state index contributed by atoms with van der Waals surface area (Å²) in [5.74, 6) is 0.467. The molecule has 2 N–H and O–H groups in total. The van der Waals surface area contributed by atoms with Crippen molar-refractivity contribution in [1.82, 2.24) is 20.4 Å². The summed E-state index contributed by atoms with van der Waals surface area (Å²) in [5.41, 5.74) is 0. The maximum absolute atomic E-state index is 11.8. The van der Waals surface area contributed by atoms with E-state index >= 15 is 0 Å². The Morgan fingerprint density at radius 3 is 2.78 bits per heavy atom. The van der Waals surface area contributed by atoms with E-state index in [1.807, 2.05) is 0 Å². The van der Waals surface area contributed by atoms with Gasteiger partial charge < -0.3 is 15.5 Å². The van der Waals surface area contributed by atoms with E-state index in [4.69, 9.17) is 0 Å². The van der Waals surface area contributed by atoms with Crippen molar-refractivity contribution in [3.05, 3.63) is 5.01 Å². The molecule has 100 valence electrons. The standard InChI is InChI=1S/C11H19N5OS/c1-12-11-15-14-10(18-11)9(17)13-7-8-3-5-16(2)6-4-8/h8H,3-7H2,1-2H3,(H,12,15)(H,13,17). The Hall–Kier alpha value is -1.21. The predicted octanol–water partition coefficient (Wildman–Crippen LogP) is 0.651. The summed E-state index contributed by atoms with van der Waals surface area (Å²) in [7, 11) is 3.90. The molecule has 0 aromatic carbocycles. The summed E-state index contributed by atoms with van der Waals surface area (Å²) < 4.78 is 0. The molecule has 1 amide bonds. The van der Waals surface area contributed by atoms with Crippen molar-refractivity contribution >= 4 is 22.4 Å². The van der Waals surface area contributed by atoms with Crippen LogP contribution in [0, 0.1) is 5.92 Å². The minimum absolute atomic E-state index is 0.118. The molecule has 0 aliphatic carbocycles. The smallest absolute Gasteiger partial charge is 0.282 e. The first-order valence-corrected chi connectivity index (χ1v) is 6.98. The van der Waals surface area contributed by atoms with Gasteiger partial charge in [0.15, 0.2) is 0 Å². The summed E-state index contributed by atoms with van der Waals surface area (Å²) in [4.78, 5) is 14.2. The monoisotopic (exact) mass is 269 g/mol. The van der Waals surface area contributed by atoms with Crippen LogP contribution >= 0.6 is 11.3 Å². The lowest BCUT2D eigenvalue weighted by Gasteiger charge is -2.28. The molecule has 1 aliphatic heterocycles. The van der Waals surface area contributed by atoms with Crippen LogP contribution in [0.1, 0.15) is 22.6 Å². The number of rotatable bonds is 4. The highest BCUT2D eigenvalue weighted by molar-refractivity contribution is 7.17. The van der Waals surface area contributed by atoms with Crippen molar-refractivity contribution in [2.75, 3.05) is 39.0 Å². The highest BCUT2D eigenvalue weighted by Gasteiger charge is 2.18. The van der Waals surface area contributed by atoms with E-state index in [1.165, 1.54) is 11.3 Å². The predicted molar refractivity (Wildman–Crippen MR) is 72.0 cm³/mol. The van der Waals surface area contributed by atoms with Gasteiger partial charge in [0.2, 0.25) is 10.1 Å². The number of nitrogens with zero attached hydrogens (tertiary/aromatic N) is 3. The van der Waals surface area contributed by atoms with Crippen LogP contribution < -0.4 is 10.6 Å². The molecule has 1 fully saturated rings. The lowest BCUT2D eigenvalue weighted by molar-refractivity contribution is 0.0938. The number of amides is 1. The first kappa shape index (κ1) is 13.2. The fourth-order valence-corrected chi connectivity index (χ4v) is 2.61. The molecule has 6 nitrogen and oxygen atoms in total. The average Bonchev–Trinajstić information content (AvgIpc) is 2.86. The van der Waals surface area contributed by atoms with Crippen LogP contribution in [-0.2, 0) is 0 Å². The average molecular weight is 269 g/mol. The number of anilines is 1. The van der Waals surface area contributed by atoms with Crippen LogP contribution in [0.4, 0.5) is 5.13 Å². The Morgan fingerprint density at radius 1 is 1.44 bits per heavy atom. The third-order valence-electron chi connectivity index (χ3n) is 3.22. The van der Waals surface area contributed by atoms with Crippen molar-refractivity contribution < 1.29 is 4.79 Å².